The molecule has 26 heavy (non-hydrogen) atoms. The normalized spacial score (nSPS) is 16.5. The van der Waals surface area contributed by atoms with E-state index < -0.39 is 16.0 Å². The zero-order valence-electron chi connectivity index (χ0n) is 14.2. The molecule has 3 rings (SSSR count). The average molecular weight is 399 g/mol. The van der Waals surface area contributed by atoms with Crippen LogP contribution in [-0.4, -0.2) is 56.9 Å². The second kappa shape index (κ2) is 7.79. The molecular formula is C17H19ClN2O5S. The molecule has 7 nitrogen and oxygen atoms in total. The van der Waals surface area contributed by atoms with Crippen LogP contribution >= 0.6 is 11.6 Å². The molecule has 1 aromatic heterocycles. The van der Waals surface area contributed by atoms with E-state index in [1.54, 1.807) is 24.3 Å². The third kappa shape index (κ3) is 3.78. The highest BCUT2D eigenvalue weighted by Crippen LogP contribution is 2.25. The minimum absolute atomic E-state index is 0.120. The van der Waals surface area contributed by atoms with Crippen LogP contribution < -0.4 is 0 Å². The Hall–Kier alpha value is -1.87. The van der Waals surface area contributed by atoms with Crippen LogP contribution in [-0.2, 0) is 21.3 Å². The number of esters is 1. The zero-order valence-corrected chi connectivity index (χ0v) is 15.8. The van der Waals surface area contributed by atoms with Crippen LogP contribution in [0.15, 0.2) is 45.9 Å². The first-order valence-corrected chi connectivity index (χ1v) is 9.87. The van der Waals surface area contributed by atoms with Gasteiger partial charge >= 0.3 is 5.97 Å². The summed E-state index contributed by atoms with van der Waals surface area (Å²) < 4.78 is 37.0. The second-order valence-corrected chi connectivity index (χ2v) is 8.17. The molecule has 0 aliphatic carbocycles. The number of benzene rings is 1. The molecule has 1 fully saturated rings. The largest absolute Gasteiger partial charge is 0.467 e. The minimum atomic E-state index is -3.63. The van der Waals surface area contributed by atoms with Crippen LogP contribution in [0.2, 0.25) is 5.02 Å². The highest BCUT2D eigenvalue weighted by Gasteiger charge is 2.30. The van der Waals surface area contributed by atoms with E-state index in [4.69, 9.17) is 20.8 Å². The van der Waals surface area contributed by atoms with Crippen molar-refractivity contribution in [2.75, 3.05) is 33.3 Å². The lowest BCUT2D eigenvalue weighted by molar-refractivity contribution is 0.0595. The summed E-state index contributed by atoms with van der Waals surface area (Å²) in [7, 11) is -2.31. The van der Waals surface area contributed by atoms with Gasteiger partial charge in [0.1, 0.15) is 16.2 Å². The van der Waals surface area contributed by atoms with Crippen LogP contribution in [0.4, 0.5) is 0 Å². The van der Waals surface area contributed by atoms with E-state index in [1.165, 1.54) is 23.7 Å². The van der Waals surface area contributed by atoms with Gasteiger partial charge in [0.2, 0.25) is 10.0 Å². The average Bonchev–Trinajstić information content (AvgIpc) is 3.10. The van der Waals surface area contributed by atoms with Gasteiger partial charge in [0.05, 0.1) is 24.9 Å². The number of hydrogen-bond acceptors (Lipinski definition) is 6. The monoisotopic (exact) mass is 398 g/mol. The molecule has 1 aliphatic heterocycles. The highest BCUT2D eigenvalue weighted by atomic mass is 35.5. The first-order valence-electron chi connectivity index (χ1n) is 8.05. The van der Waals surface area contributed by atoms with Crippen molar-refractivity contribution in [2.24, 2.45) is 0 Å². The maximum Gasteiger partial charge on any atom is 0.341 e. The van der Waals surface area contributed by atoms with Crippen LogP contribution in [0.5, 0.6) is 0 Å². The highest BCUT2D eigenvalue weighted by molar-refractivity contribution is 7.89. The van der Waals surface area contributed by atoms with Gasteiger partial charge in [-0.05, 0) is 18.2 Å². The van der Waals surface area contributed by atoms with Gasteiger partial charge in [0.15, 0.2) is 0 Å². The van der Waals surface area contributed by atoms with Crippen molar-refractivity contribution in [3.05, 3.63) is 52.9 Å². The van der Waals surface area contributed by atoms with Crippen molar-refractivity contribution in [1.29, 1.82) is 0 Å². The Balaban J connectivity index is 1.66. The minimum Gasteiger partial charge on any atom is -0.467 e. The number of halogens is 1. The van der Waals surface area contributed by atoms with Crippen LogP contribution in [0, 0.1) is 0 Å². The smallest absolute Gasteiger partial charge is 0.341 e. The number of furan rings is 1. The molecule has 0 amide bonds. The summed E-state index contributed by atoms with van der Waals surface area (Å²) in [5.41, 5.74) is 0.388. The van der Waals surface area contributed by atoms with Crippen molar-refractivity contribution in [3.8, 4) is 0 Å². The number of piperazine rings is 1. The standard InChI is InChI=1S/C17H19ClN2O5S/c1-24-17(21)13-6-11-25-15(13)12-19-7-9-20(10-8-19)26(22,23)16-5-3-2-4-14(16)18/h2-6,11H,7-10,12H2,1H3. The van der Waals surface area contributed by atoms with Gasteiger partial charge in [-0.15, -0.1) is 0 Å². The molecule has 0 saturated carbocycles. The third-order valence-electron chi connectivity index (χ3n) is 4.30. The Morgan fingerprint density at radius 3 is 2.54 bits per heavy atom. The van der Waals surface area contributed by atoms with Gasteiger partial charge in [-0.3, -0.25) is 4.90 Å². The Labute approximate surface area is 157 Å². The Morgan fingerprint density at radius 2 is 1.88 bits per heavy atom. The predicted molar refractivity (Wildman–Crippen MR) is 95.5 cm³/mol. The molecule has 0 radical (unpaired) electrons. The van der Waals surface area contributed by atoms with E-state index in [-0.39, 0.29) is 9.92 Å². The molecule has 140 valence electrons. The first kappa shape index (κ1) is 18.9. The van der Waals surface area contributed by atoms with E-state index in [0.29, 0.717) is 44.0 Å². The van der Waals surface area contributed by atoms with Crippen molar-refractivity contribution >= 4 is 27.6 Å². The fourth-order valence-corrected chi connectivity index (χ4v) is 4.79. The van der Waals surface area contributed by atoms with Gasteiger partial charge in [-0.1, -0.05) is 23.7 Å². The molecule has 1 aliphatic rings. The van der Waals surface area contributed by atoms with Crippen molar-refractivity contribution in [3.63, 3.8) is 0 Å². The number of nitrogens with zero attached hydrogens (tertiary/aromatic N) is 2. The van der Waals surface area contributed by atoms with E-state index in [9.17, 15) is 13.2 Å². The van der Waals surface area contributed by atoms with Crippen molar-refractivity contribution in [2.45, 2.75) is 11.4 Å². The van der Waals surface area contributed by atoms with E-state index >= 15 is 0 Å². The Kier molecular flexibility index (Phi) is 5.67. The fraction of sp³-hybridized carbons (Fsp3) is 0.353. The van der Waals surface area contributed by atoms with Gasteiger partial charge in [-0.2, -0.15) is 4.31 Å². The number of rotatable bonds is 5. The molecule has 0 unspecified atom stereocenters. The number of ether oxygens (including phenoxy) is 1. The van der Waals surface area contributed by atoms with Crippen LogP contribution in [0.3, 0.4) is 0 Å². The van der Waals surface area contributed by atoms with Gasteiger partial charge in [0.25, 0.3) is 0 Å². The molecule has 2 aromatic rings. The number of carbonyl (C=O) groups excluding carboxylic acids is 1. The number of sulfonamides is 1. The topological polar surface area (TPSA) is 80.1 Å². The van der Waals surface area contributed by atoms with E-state index in [1.807, 2.05) is 4.90 Å². The fourth-order valence-electron chi connectivity index (χ4n) is 2.88. The third-order valence-corrected chi connectivity index (χ3v) is 6.70. The van der Waals surface area contributed by atoms with Crippen molar-refractivity contribution < 1.29 is 22.4 Å². The molecule has 1 saturated heterocycles. The van der Waals surface area contributed by atoms with Crippen LogP contribution in [0.1, 0.15) is 16.1 Å². The number of carbonyl (C=O) groups is 1. The molecule has 1 aromatic carbocycles. The summed E-state index contributed by atoms with van der Waals surface area (Å²) in [5.74, 6) is 0.0629. The summed E-state index contributed by atoms with van der Waals surface area (Å²) in [6.07, 6.45) is 1.44. The molecule has 0 spiro atoms. The quantitative estimate of drug-likeness (QED) is 0.718. The molecule has 0 atom stereocenters. The molecular weight excluding hydrogens is 380 g/mol. The lowest BCUT2D eigenvalue weighted by Gasteiger charge is -2.33. The maximum absolute atomic E-state index is 12.8. The van der Waals surface area contributed by atoms with Gasteiger partial charge < -0.3 is 9.15 Å². The Morgan fingerprint density at radius 1 is 1.19 bits per heavy atom. The Bertz CT molecular complexity index is 888. The molecule has 2 heterocycles. The van der Waals surface area contributed by atoms with Gasteiger partial charge in [-0.25, -0.2) is 13.2 Å². The van der Waals surface area contributed by atoms with Crippen LogP contribution in [0.25, 0.3) is 0 Å². The lowest BCUT2D eigenvalue weighted by atomic mass is 10.2. The molecule has 0 bridgehead atoms. The lowest BCUT2D eigenvalue weighted by Crippen LogP contribution is -2.48. The predicted octanol–water partition coefficient (Wildman–Crippen LogP) is 2.23. The summed E-state index contributed by atoms with van der Waals surface area (Å²) in [4.78, 5) is 13.9. The molecule has 9 heteroatoms. The SMILES string of the molecule is COC(=O)c1ccoc1CN1CCN(S(=O)(=O)c2ccccc2Cl)CC1. The zero-order chi connectivity index (χ0) is 18.7. The summed E-state index contributed by atoms with van der Waals surface area (Å²) in [5, 5.41) is 0.216. The summed E-state index contributed by atoms with van der Waals surface area (Å²) in [6, 6.07) is 7.99. The number of methoxy groups -OCH3 is 1. The summed E-state index contributed by atoms with van der Waals surface area (Å²) >= 11 is 6.04. The molecule has 0 N–H and O–H groups in total. The summed E-state index contributed by atoms with van der Waals surface area (Å²) in [6.45, 7) is 2.12. The second-order valence-electron chi connectivity index (χ2n) is 5.86. The van der Waals surface area contributed by atoms with Crippen molar-refractivity contribution in [1.82, 2.24) is 9.21 Å². The van der Waals surface area contributed by atoms with E-state index in [0.717, 1.165) is 0 Å². The van der Waals surface area contributed by atoms with Gasteiger partial charge in [0, 0.05) is 26.2 Å². The van der Waals surface area contributed by atoms with E-state index in [2.05, 4.69) is 0 Å². The maximum atomic E-state index is 12.8. The first-order chi connectivity index (χ1) is 12.4. The number of hydrogen-bond donors (Lipinski definition) is 0.